The summed E-state index contributed by atoms with van der Waals surface area (Å²) >= 11 is 0. The summed E-state index contributed by atoms with van der Waals surface area (Å²) in [6.45, 7) is 9.22. The number of allylic oxidation sites excluding steroid dienone is 4. The van der Waals surface area contributed by atoms with E-state index in [1.54, 1.807) is 0 Å². The summed E-state index contributed by atoms with van der Waals surface area (Å²) in [6, 6.07) is 0. The maximum atomic E-state index is 10.5. The molecule has 21 heavy (non-hydrogen) atoms. The van der Waals surface area contributed by atoms with Gasteiger partial charge in [-0.3, -0.25) is 4.79 Å². The lowest BCUT2D eigenvalue weighted by Crippen LogP contribution is -2.13. The van der Waals surface area contributed by atoms with Gasteiger partial charge in [-0.25, -0.2) is 0 Å². The fraction of sp³-hybridized carbons (Fsp3) is 0.737. The minimum absolute atomic E-state index is 0.279. The van der Waals surface area contributed by atoms with Gasteiger partial charge in [0.1, 0.15) is 0 Å². The Kier molecular flexibility index (Phi) is 7.77. The lowest BCUT2D eigenvalue weighted by molar-refractivity contribution is -0.137. The van der Waals surface area contributed by atoms with E-state index in [1.165, 1.54) is 6.42 Å². The first-order chi connectivity index (χ1) is 9.91. The van der Waals surface area contributed by atoms with E-state index in [0.29, 0.717) is 11.8 Å². The number of unbranched alkanes of at least 4 members (excludes halogenated alkanes) is 1. The van der Waals surface area contributed by atoms with E-state index in [-0.39, 0.29) is 6.42 Å². The van der Waals surface area contributed by atoms with E-state index in [1.807, 2.05) is 0 Å². The van der Waals surface area contributed by atoms with Crippen LogP contribution in [0.15, 0.2) is 24.3 Å². The predicted molar refractivity (Wildman–Crippen MR) is 89.1 cm³/mol. The minimum Gasteiger partial charge on any atom is -0.481 e. The van der Waals surface area contributed by atoms with Gasteiger partial charge in [0.2, 0.25) is 0 Å². The van der Waals surface area contributed by atoms with Gasteiger partial charge in [-0.05, 0) is 55.3 Å². The van der Waals surface area contributed by atoms with Crippen LogP contribution in [0.5, 0.6) is 0 Å². The first-order valence-electron chi connectivity index (χ1n) is 8.47. The van der Waals surface area contributed by atoms with Gasteiger partial charge >= 0.3 is 5.97 Å². The molecule has 1 fully saturated rings. The lowest BCUT2D eigenvalue weighted by atomic mass is 9.84. The van der Waals surface area contributed by atoms with E-state index < -0.39 is 5.97 Å². The van der Waals surface area contributed by atoms with Crippen LogP contribution in [0.4, 0.5) is 0 Å². The molecule has 120 valence electrons. The van der Waals surface area contributed by atoms with Crippen LogP contribution >= 0.6 is 0 Å². The maximum Gasteiger partial charge on any atom is 0.303 e. The van der Waals surface area contributed by atoms with Crippen LogP contribution in [0.1, 0.15) is 59.8 Å². The lowest BCUT2D eigenvalue weighted by Gasteiger charge is -2.21. The van der Waals surface area contributed by atoms with Crippen molar-refractivity contribution >= 4 is 5.97 Å². The Hall–Kier alpha value is -1.05. The third-order valence-corrected chi connectivity index (χ3v) is 4.68. The van der Waals surface area contributed by atoms with Crippen LogP contribution in [0.3, 0.4) is 0 Å². The van der Waals surface area contributed by atoms with Crippen molar-refractivity contribution in [2.75, 3.05) is 0 Å². The Balaban J connectivity index is 2.46. The first kappa shape index (κ1) is 18.0. The van der Waals surface area contributed by atoms with Crippen molar-refractivity contribution in [3.05, 3.63) is 24.3 Å². The van der Waals surface area contributed by atoms with Crippen molar-refractivity contribution in [1.82, 2.24) is 0 Å². The molecule has 1 saturated carbocycles. The summed E-state index contributed by atoms with van der Waals surface area (Å²) in [5, 5.41) is 8.61. The van der Waals surface area contributed by atoms with Gasteiger partial charge in [-0.1, -0.05) is 52.0 Å². The standard InChI is InChI=1S/C19H32O2/c1-14(2)11-12-18-16(4)13-15(3)17(18)9-7-5-6-8-10-19(20)21/h5,7,11-12,14-18H,6,8-10,13H2,1-4H3,(H,20,21)/b7-5-,12-11?/t15-,16+,17-,18-/m0/s1. The molecule has 1 aliphatic rings. The van der Waals surface area contributed by atoms with Crippen LogP contribution in [0.25, 0.3) is 0 Å². The number of aliphatic carboxylic acids is 1. The van der Waals surface area contributed by atoms with Gasteiger partial charge in [0, 0.05) is 6.42 Å². The summed E-state index contributed by atoms with van der Waals surface area (Å²) in [5.74, 6) is 2.93. The van der Waals surface area contributed by atoms with Gasteiger partial charge in [-0.15, -0.1) is 0 Å². The van der Waals surface area contributed by atoms with Crippen molar-refractivity contribution in [2.24, 2.45) is 29.6 Å². The molecule has 0 aromatic rings. The maximum absolute atomic E-state index is 10.5. The third-order valence-electron chi connectivity index (χ3n) is 4.68. The van der Waals surface area contributed by atoms with Crippen molar-refractivity contribution in [1.29, 1.82) is 0 Å². The molecule has 0 radical (unpaired) electrons. The molecule has 2 nitrogen and oxygen atoms in total. The molecule has 0 heterocycles. The SMILES string of the molecule is CC(C)C=C[C@@H]1[C@@H](C/C=C\CCCC(=O)O)[C@@H](C)C[C@H]1C. The molecule has 0 saturated heterocycles. The zero-order valence-corrected chi connectivity index (χ0v) is 14.1. The fourth-order valence-corrected chi connectivity index (χ4v) is 3.53. The number of rotatable bonds is 8. The van der Waals surface area contributed by atoms with Gasteiger partial charge in [0.15, 0.2) is 0 Å². The molecule has 0 unspecified atom stereocenters. The Bertz CT molecular complexity index is 368. The zero-order chi connectivity index (χ0) is 15.8. The van der Waals surface area contributed by atoms with Crippen LogP contribution in [0.2, 0.25) is 0 Å². The van der Waals surface area contributed by atoms with E-state index in [4.69, 9.17) is 5.11 Å². The van der Waals surface area contributed by atoms with Crippen molar-refractivity contribution in [2.45, 2.75) is 59.8 Å². The average Bonchev–Trinajstić information content (AvgIpc) is 2.65. The Morgan fingerprint density at radius 3 is 2.57 bits per heavy atom. The Morgan fingerprint density at radius 1 is 1.24 bits per heavy atom. The van der Waals surface area contributed by atoms with Gasteiger partial charge in [-0.2, -0.15) is 0 Å². The molecular weight excluding hydrogens is 260 g/mol. The number of carboxylic acid groups (broad SMARTS) is 1. The second-order valence-electron chi connectivity index (χ2n) is 7.05. The van der Waals surface area contributed by atoms with Crippen molar-refractivity contribution < 1.29 is 9.90 Å². The first-order valence-corrected chi connectivity index (χ1v) is 8.47. The van der Waals surface area contributed by atoms with Gasteiger partial charge < -0.3 is 5.11 Å². The van der Waals surface area contributed by atoms with Crippen LogP contribution in [0, 0.1) is 29.6 Å². The second-order valence-corrected chi connectivity index (χ2v) is 7.05. The smallest absolute Gasteiger partial charge is 0.303 e. The van der Waals surface area contributed by atoms with E-state index in [2.05, 4.69) is 52.0 Å². The molecular formula is C19H32O2. The molecule has 4 atom stereocenters. The van der Waals surface area contributed by atoms with E-state index >= 15 is 0 Å². The molecule has 2 heteroatoms. The third kappa shape index (κ3) is 6.50. The van der Waals surface area contributed by atoms with E-state index in [9.17, 15) is 4.79 Å². The van der Waals surface area contributed by atoms with E-state index in [0.717, 1.165) is 37.0 Å². The highest BCUT2D eigenvalue weighted by atomic mass is 16.4. The second kappa shape index (κ2) is 9.07. The molecule has 0 bridgehead atoms. The molecule has 0 aliphatic heterocycles. The summed E-state index contributed by atoms with van der Waals surface area (Å²) in [7, 11) is 0. The largest absolute Gasteiger partial charge is 0.481 e. The zero-order valence-electron chi connectivity index (χ0n) is 14.1. The molecule has 0 aromatic heterocycles. The fourth-order valence-electron chi connectivity index (χ4n) is 3.53. The highest BCUT2D eigenvalue weighted by molar-refractivity contribution is 5.66. The Labute approximate surface area is 130 Å². The average molecular weight is 292 g/mol. The molecule has 0 spiro atoms. The predicted octanol–water partition coefficient (Wildman–Crippen LogP) is 5.31. The van der Waals surface area contributed by atoms with Crippen LogP contribution in [-0.2, 0) is 4.79 Å². The van der Waals surface area contributed by atoms with Gasteiger partial charge in [0.25, 0.3) is 0 Å². The minimum atomic E-state index is -0.694. The summed E-state index contributed by atoms with van der Waals surface area (Å²) in [5.41, 5.74) is 0. The molecule has 0 aromatic carbocycles. The highest BCUT2D eigenvalue weighted by Crippen LogP contribution is 2.44. The molecule has 1 aliphatic carbocycles. The summed E-state index contributed by atoms with van der Waals surface area (Å²) < 4.78 is 0. The van der Waals surface area contributed by atoms with Crippen molar-refractivity contribution in [3.8, 4) is 0 Å². The molecule has 1 rings (SSSR count). The van der Waals surface area contributed by atoms with Crippen LogP contribution in [-0.4, -0.2) is 11.1 Å². The number of carbonyl (C=O) groups is 1. The number of hydrogen-bond donors (Lipinski definition) is 1. The molecule has 0 amide bonds. The number of carboxylic acids is 1. The van der Waals surface area contributed by atoms with Crippen LogP contribution < -0.4 is 0 Å². The van der Waals surface area contributed by atoms with Crippen molar-refractivity contribution in [3.63, 3.8) is 0 Å². The monoisotopic (exact) mass is 292 g/mol. The normalized spacial score (nSPS) is 30.0. The Morgan fingerprint density at radius 2 is 1.95 bits per heavy atom. The van der Waals surface area contributed by atoms with Gasteiger partial charge in [0.05, 0.1) is 0 Å². The quantitative estimate of drug-likeness (QED) is 0.486. The highest BCUT2D eigenvalue weighted by Gasteiger charge is 2.36. The molecule has 1 N–H and O–H groups in total. The summed E-state index contributed by atoms with van der Waals surface area (Å²) in [6.07, 6.45) is 13.6. The topological polar surface area (TPSA) is 37.3 Å². The summed E-state index contributed by atoms with van der Waals surface area (Å²) in [4.78, 5) is 10.5. The number of hydrogen-bond acceptors (Lipinski definition) is 1.